The predicted octanol–water partition coefficient (Wildman–Crippen LogP) is 3.83. The molecule has 3 aliphatic rings. The molecule has 1 aromatic heterocycles. The third-order valence-corrected chi connectivity index (χ3v) is 6.77. The molecule has 4 heterocycles. The van der Waals surface area contributed by atoms with E-state index in [1.165, 1.54) is 0 Å². The fraction of sp³-hybridized carbons (Fsp3) is 0.478. The summed E-state index contributed by atoms with van der Waals surface area (Å²) >= 11 is 6.04. The van der Waals surface area contributed by atoms with Crippen molar-refractivity contribution in [3.05, 3.63) is 52.4 Å². The van der Waals surface area contributed by atoms with Crippen LogP contribution in [-0.2, 0) is 11.2 Å². The minimum atomic E-state index is -0.639. The first-order valence-electron chi connectivity index (χ1n) is 10.8. The van der Waals surface area contributed by atoms with Gasteiger partial charge in [-0.3, -0.25) is 9.59 Å². The van der Waals surface area contributed by atoms with Gasteiger partial charge < -0.3 is 24.7 Å². The molecule has 3 aliphatic heterocycles. The maximum Gasteiger partial charge on any atom is 0.289 e. The van der Waals surface area contributed by atoms with Crippen LogP contribution < -0.4 is 10.6 Å². The van der Waals surface area contributed by atoms with Gasteiger partial charge >= 0.3 is 0 Å². The maximum atomic E-state index is 12.8. The van der Waals surface area contributed by atoms with Gasteiger partial charge in [0.25, 0.3) is 11.8 Å². The summed E-state index contributed by atoms with van der Waals surface area (Å²) in [7, 11) is 0. The van der Waals surface area contributed by atoms with Gasteiger partial charge in [-0.1, -0.05) is 18.5 Å². The Morgan fingerprint density at radius 3 is 2.77 bits per heavy atom. The van der Waals surface area contributed by atoms with Crippen LogP contribution in [0.4, 0.5) is 5.69 Å². The van der Waals surface area contributed by atoms with Crippen molar-refractivity contribution in [1.82, 2.24) is 10.2 Å². The van der Waals surface area contributed by atoms with Gasteiger partial charge in [0.05, 0.1) is 17.8 Å². The van der Waals surface area contributed by atoms with E-state index in [9.17, 15) is 9.59 Å². The van der Waals surface area contributed by atoms with Crippen molar-refractivity contribution < 1.29 is 18.7 Å². The smallest absolute Gasteiger partial charge is 0.289 e. The van der Waals surface area contributed by atoms with Gasteiger partial charge in [0.1, 0.15) is 11.4 Å². The van der Waals surface area contributed by atoms with Crippen LogP contribution in [-0.4, -0.2) is 47.7 Å². The van der Waals surface area contributed by atoms with Gasteiger partial charge in [0, 0.05) is 36.6 Å². The Labute approximate surface area is 186 Å². The van der Waals surface area contributed by atoms with Crippen LogP contribution in [0, 0.1) is 0 Å². The fourth-order valence-corrected chi connectivity index (χ4v) is 5.12. The van der Waals surface area contributed by atoms with Gasteiger partial charge in [0.2, 0.25) is 0 Å². The zero-order valence-electron chi connectivity index (χ0n) is 17.5. The van der Waals surface area contributed by atoms with Gasteiger partial charge in [0.15, 0.2) is 5.76 Å². The fourth-order valence-electron chi connectivity index (χ4n) is 4.94. The number of fused-ring (bicyclic) bond motifs is 1. The molecule has 7 nitrogen and oxygen atoms in total. The van der Waals surface area contributed by atoms with Gasteiger partial charge in [-0.25, -0.2) is 0 Å². The molecule has 1 aromatic carbocycles. The number of amides is 2. The quantitative estimate of drug-likeness (QED) is 0.753. The van der Waals surface area contributed by atoms with Crippen molar-refractivity contribution >= 4 is 29.1 Å². The summed E-state index contributed by atoms with van der Waals surface area (Å²) in [5.41, 5.74) is 0.306. The average Bonchev–Trinajstić information content (AvgIpc) is 3.35. The van der Waals surface area contributed by atoms with E-state index < -0.39 is 5.66 Å². The lowest BCUT2D eigenvalue weighted by Crippen LogP contribution is -2.59. The summed E-state index contributed by atoms with van der Waals surface area (Å²) < 4.78 is 12.0. The van der Waals surface area contributed by atoms with Crippen LogP contribution in [0.2, 0.25) is 5.02 Å². The van der Waals surface area contributed by atoms with Crippen molar-refractivity contribution in [2.24, 2.45) is 0 Å². The lowest BCUT2D eigenvalue weighted by Gasteiger charge is -2.40. The van der Waals surface area contributed by atoms with Crippen molar-refractivity contribution in [2.45, 2.75) is 50.3 Å². The van der Waals surface area contributed by atoms with E-state index in [0.29, 0.717) is 55.3 Å². The third-order valence-electron chi connectivity index (χ3n) is 6.53. The number of halogens is 1. The summed E-state index contributed by atoms with van der Waals surface area (Å²) in [6.45, 7) is 3.66. The molecule has 0 aliphatic carbocycles. The molecule has 5 rings (SSSR count). The number of carbonyl (C=O) groups excluding carboxylic acids is 2. The Balaban J connectivity index is 1.25. The standard InChI is InChI=1S/C23H26ClN3O4/c1-2-3-16-5-7-19(31-16)21(29)27-10-8-22(9-11-27)13-23(14-30-22)25-18-6-4-15(24)12-17(18)20(28)26-23/h4-7,12,25H,2-3,8-11,13-14H2,1H3,(H,26,28)/t23-/m1/s1. The second kappa shape index (κ2) is 7.57. The Hall–Kier alpha value is -2.51. The minimum absolute atomic E-state index is 0.0696. The minimum Gasteiger partial charge on any atom is -0.456 e. The lowest BCUT2D eigenvalue weighted by molar-refractivity contribution is -0.0397. The highest BCUT2D eigenvalue weighted by Crippen LogP contribution is 2.43. The largest absolute Gasteiger partial charge is 0.456 e. The van der Waals surface area contributed by atoms with E-state index in [-0.39, 0.29) is 17.4 Å². The molecule has 2 aromatic rings. The first kappa shape index (κ1) is 20.4. The van der Waals surface area contributed by atoms with E-state index in [0.717, 1.165) is 24.3 Å². The molecule has 2 spiro atoms. The summed E-state index contributed by atoms with van der Waals surface area (Å²) in [5, 5.41) is 7.09. The number of rotatable bonds is 3. The number of ether oxygens (including phenoxy) is 1. The lowest BCUT2D eigenvalue weighted by atomic mass is 9.84. The second-order valence-electron chi connectivity index (χ2n) is 8.81. The molecule has 2 amide bonds. The Kier molecular flexibility index (Phi) is 4.98. The molecule has 164 valence electrons. The van der Waals surface area contributed by atoms with E-state index >= 15 is 0 Å². The molecule has 0 unspecified atom stereocenters. The summed E-state index contributed by atoms with van der Waals surface area (Å²) in [5.74, 6) is 1.03. The average molecular weight is 444 g/mol. The van der Waals surface area contributed by atoms with Crippen molar-refractivity contribution in [1.29, 1.82) is 0 Å². The molecule has 8 heteroatoms. The number of likely N-dealkylation sites (tertiary alicyclic amines) is 1. The number of nitrogens with zero attached hydrogens (tertiary/aromatic N) is 1. The Morgan fingerprint density at radius 2 is 2.00 bits per heavy atom. The zero-order valence-corrected chi connectivity index (χ0v) is 18.3. The second-order valence-corrected chi connectivity index (χ2v) is 9.24. The zero-order chi connectivity index (χ0) is 21.6. The van der Waals surface area contributed by atoms with E-state index in [4.69, 9.17) is 20.8 Å². The highest BCUT2D eigenvalue weighted by molar-refractivity contribution is 6.31. The first-order valence-corrected chi connectivity index (χ1v) is 11.2. The van der Waals surface area contributed by atoms with Crippen LogP contribution in [0.5, 0.6) is 0 Å². The molecule has 0 radical (unpaired) electrons. The summed E-state index contributed by atoms with van der Waals surface area (Å²) in [6, 6.07) is 8.93. The molecule has 31 heavy (non-hydrogen) atoms. The number of anilines is 1. The van der Waals surface area contributed by atoms with Crippen molar-refractivity contribution in [2.75, 3.05) is 25.0 Å². The highest BCUT2D eigenvalue weighted by atomic mass is 35.5. The molecule has 1 atom stereocenters. The Morgan fingerprint density at radius 1 is 1.19 bits per heavy atom. The van der Waals surface area contributed by atoms with Crippen molar-refractivity contribution in [3.63, 3.8) is 0 Å². The molecule has 2 fully saturated rings. The van der Waals surface area contributed by atoms with Crippen LogP contribution in [0.25, 0.3) is 0 Å². The number of aryl methyl sites for hydroxylation is 1. The van der Waals surface area contributed by atoms with Gasteiger partial charge in [-0.2, -0.15) is 0 Å². The van der Waals surface area contributed by atoms with Crippen LogP contribution in [0.3, 0.4) is 0 Å². The van der Waals surface area contributed by atoms with Gasteiger partial charge in [-0.15, -0.1) is 0 Å². The number of nitrogens with one attached hydrogen (secondary N) is 2. The van der Waals surface area contributed by atoms with E-state index in [2.05, 4.69) is 17.6 Å². The molecule has 2 N–H and O–H groups in total. The first-order chi connectivity index (χ1) is 14.9. The Bertz CT molecular complexity index is 1030. The number of benzene rings is 1. The van der Waals surface area contributed by atoms with E-state index in [1.54, 1.807) is 18.2 Å². The normalized spacial score (nSPS) is 24.2. The molecule has 0 saturated carbocycles. The number of hydrogen-bond acceptors (Lipinski definition) is 5. The molecule has 2 saturated heterocycles. The van der Waals surface area contributed by atoms with Crippen molar-refractivity contribution in [3.8, 4) is 0 Å². The maximum absolute atomic E-state index is 12.8. The summed E-state index contributed by atoms with van der Waals surface area (Å²) in [6.07, 6.45) is 3.90. The number of furan rings is 1. The van der Waals surface area contributed by atoms with Gasteiger partial charge in [-0.05, 0) is 49.6 Å². The number of carbonyl (C=O) groups is 2. The third kappa shape index (κ3) is 3.70. The molecular formula is C23H26ClN3O4. The topological polar surface area (TPSA) is 83.8 Å². The van der Waals surface area contributed by atoms with E-state index in [1.807, 2.05) is 17.0 Å². The monoisotopic (exact) mass is 443 g/mol. The molecular weight excluding hydrogens is 418 g/mol. The van der Waals surface area contributed by atoms with Crippen LogP contribution in [0.15, 0.2) is 34.7 Å². The van der Waals surface area contributed by atoms with Crippen LogP contribution >= 0.6 is 11.6 Å². The van der Waals surface area contributed by atoms with Crippen LogP contribution in [0.1, 0.15) is 59.3 Å². The number of hydrogen-bond donors (Lipinski definition) is 2. The SMILES string of the molecule is CCCc1ccc(C(=O)N2CCC3(CC2)C[C@]2(CO3)NC(=O)c3cc(Cl)ccc3N2)o1. The predicted molar refractivity (Wildman–Crippen MR) is 116 cm³/mol. The highest BCUT2D eigenvalue weighted by Gasteiger charge is 2.53. The summed E-state index contributed by atoms with van der Waals surface area (Å²) in [4.78, 5) is 27.4. The number of piperidine rings is 1. The molecule has 0 bridgehead atoms.